The van der Waals surface area contributed by atoms with Gasteiger partial charge in [-0.15, -0.1) is 0 Å². The van der Waals surface area contributed by atoms with Gasteiger partial charge >= 0.3 is 0 Å². The molecule has 21 heavy (non-hydrogen) atoms. The SMILES string of the molecule is CCNC(C1CCCc2cccnc21)C(OCC)C1CC1. The van der Waals surface area contributed by atoms with Crippen LogP contribution in [0.4, 0.5) is 0 Å². The molecule has 1 aromatic rings. The Kier molecular flexibility index (Phi) is 4.91. The third kappa shape index (κ3) is 3.29. The lowest BCUT2D eigenvalue weighted by molar-refractivity contribution is 0.0102. The summed E-state index contributed by atoms with van der Waals surface area (Å²) in [7, 11) is 0. The summed E-state index contributed by atoms with van der Waals surface area (Å²) in [6.07, 6.45) is 8.65. The van der Waals surface area contributed by atoms with Crippen LogP contribution >= 0.6 is 0 Å². The van der Waals surface area contributed by atoms with Gasteiger partial charge in [0.15, 0.2) is 0 Å². The van der Waals surface area contributed by atoms with E-state index in [0.717, 1.165) is 19.1 Å². The lowest BCUT2D eigenvalue weighted by atomic mass is 9.79. The molecule has 3 rings (SSSR count). The number of nitrogens with one attached hydrogen (secondary N) is 1. The second-order valence-corrected chi connectivity index (χ2v) is 6.39. The third-order valence-corrected chi connectivity index (χ3v) is 4.91. The van der Waals surface area contributed by atoms with Crippen LogP contribution in [0.15, 0.2) is 18.3 Å². The van der Waals surface area contributed by atoms with Crippen molar-refractivity contribution in [3.8, 4) is 0 Å². The van der Waals surface area contributed by atoms with Crippen LogP contribution in [0.2, 0.25) is 0 Å². The topological polar surface area (TPSA) is 34.2 Å². The number of pyridine rings is 1. The summed E-state index contributed by atoms with van der Waals surface area (Å²) in [4.78, 5) is 4.73. The van der Waals surface area contributed by atoms with E-state index in [2.05, 4.69) is 31.3 Å². The van der Waals surface area contributed by atoms with Gasteiger partial charge in [-0.1, -0.05) is 13.0 Å². The number of fused-ring (bicyclic) bond motifs is 1. The Labute approximate surface area is 128 Å². The van der Waals surface area contributed by atoms with Crippen molar-refractivity contribution in [1.29, 1.82) is 0 Å². The van der Waals surface area contributed by atoms with Gasteiger partial charge in [0.25, 0.3) is 0 Å². The normalized spacial score (nSPS) is 24.4. The number of hydrogen-bond donors (Lipinski definition) is 1. The summed E-state index contributed by atoms with van der Waals surface area (Å²) in [6, 6.07) is 4.74. The maximum Gasteiger partial charge on any atom is 0.0762 e. The second kappa shape index (κ2) is 6.89. The minimum atomic E-state index is 0.355. The van der Waals surface area contributed by atoms with E-state index in [0.29, 0.717) is 18.1 Å². The zero-order chi connectivity index (χ0) is 14.7. The van der Waals surface area contributed by atoms with Crippen LogP contribution in [0.1, 0.15) is 56.7 Å². The van der Waals surface area contributed by atoms with Crippen LogP contribution < -0.4 is 5.32 Å². The van der Waals surface area contributed by atoms with Gasteiger partial charge in [0, 0.05) is 30.5 Å². The molecule has 3 atom stereocenters. The lowest BCUT2D eigenvalue weighted by Gasteiger charge is -2.37. The lowest BCUT2D eigenvalue weighted by Crippen LogP contribution is -2.47. The molecule has 1 fully saturated rings. The van der Waals surface area contributed by atoms with Gasteiger partial charge in [-0.3, -0.25) is 4.98 Å². The van der Waals surface area contributed by atoms with Crippen molar-refractivity contribution in [2.24, 2.45) is 5.92 Å². The number of aromatic nitrogens is 1. The van der Waals surface area contributed by atoms with Gasteiger partial charge in [0.1, 0.15) is 0 Å². The average Bonchev–Trinajstić information content (AvgIpc) is 3.35. The number of nitrogens with zero attached hydrogens (tertiary/aromatic N) is 1. The van der Waals surface area contributed by atoms with Crippen molar-refractivity contribution in [3.05, 3.63) is 29.6 Å². The molecule has 3 heteroatoms. The maximum atomic E-state index is 6.16. The molecule has 3 nitrogen and oxygen atoms in total. The summed E-state index contributed by atoms with van der Waals surface area (Å²) in [5, 5.41) is 3.73. The number of hydrogen-bond acceptors (Lipinski definition) is 3. The maximum absolute atomic E-state index is 6.16. The van der Waals surface area contributed by atoms with Gasteiger partial charge in [0.2, 0.25) is 0 Å². The highest BCUT2D eigenvalue weighted by Crippen LogP contribution is 2.41. The number of rotatable bonds is 7. The Bertz CT molecular complexity index is 458. The van der Waals surface area contributed by atoms with Crippen molar-refractivity contribution in [1.82, 2.24) is 10.3 Å². The van der Waals surface area contributed by atoms with Crippen molar-refractivity contribution in [2.75, 3.05) is 13.2 Å². The molecule has 0 saturated heterocycles. The van der Waals surface area contributed by atoms with Gasteiger partial charge in [-0.2, -0.15) is 0 Å². The van der Waals surface area contributed by atoms with E-state index >= 15 is 0 Å². The molecule has 2 aliphatic carbocycles. The second-order valence-electron chi connectivity index (χ2n) is 6.39. The van der Waals surface area contributed by atoms with E-state index in [1.54, 1.807) is 0 Å². The molecule has 0 radical (unpaired) electrons. The van der Waals surface area contributed by atoms with Crippen molar-refractivity contribution >= 4 is 0 Å². The molecule has 0 aliphatic heterocycles. The predicted octanol–water partition coefficient (Wildman–Crippen LogP) is 3.29. The van der Waals surface area contributed by atoms with Crippen LogP contribution in [0.25, 0.3) is 0 Å². The Morgan fingerprint density at radius 1 is 1.33 bits per heavy atom. The van der Waals surface area contributed by atoms with Crippen molar-refractivity contribution in [2.45, 2.75) is 64.0 Å². The van der Waals surface area contributed by atoms with Gasteiger partial charge in [-0.25, -0.2) is 0 Å². The van der Waals surface area contributed by atoms with E-state index in [1.807, 2.05) is 6.20 Å². The zero-order valence-corrected chi connectivity index (χ0v) is 13.3. The summed E-state index contributed by atoms with van der Waals surface area (Å²) >= 11 is 0. The van der Waals surface area contributed by atoms with Crippen molar-refractivity contribution in [3.63, 3.8) is 0 Å². The largest absolute Gasteiger partial charge is 0.377 e. The Balaban J connectivity index is 1.86. The number of aryl methyl sites for hydroxylation is 1. The summed E-state index contributed by atoms with van der Waals surface area (Å²) in [5.74, 6) is 1.26. The molecular formula is C18H28N2O. The molecule has 116 valence electrons. The molecule has 1 saturated carbocycles. The molecule has 0 bridgehead atoms. The minimum Gasteiger partial charge on any atom is -0.377 e. The van der Waals surface area contributed by atoms with Gasteiger partial charge in [0.05, 0.1) is 6.10 Å². The van der Waals surface area contributed by atoms with Crippen LogP contribution in [0.3, 0.4) is 0 Å². The Morgan fingerprint density at radius 3 is 2.90 bits per heavy atom. The molecule has 0 spiro atoms. The molecule has 0 aromatic carbocycles. The number of likely N-dealkylation sites (N-methyl/N-ethyl adjacent to an activating group) is 1. The summed E-state index contributed by atoms with van der Waals surface area (Å²) < 4.78 is 6.16. The quantitative estimate of drug-likeness (QED) is 0.836. The molecule has 3 unspecified atom stereocenters. The average molecular weight is 288 g/mol. The highest BCUT2D eigenvalue weighted by molar-refractivity contribution is 5.28. The Hall–Kier alpha value is -0.930. The molecule has 1 heterocycles. The first kappa shape index (κ1) is 15.0. The van der Waals surface area contributed by atoms with Crippen molar-refractivity contribution < 1.29 is 4.74 Å². The van der Waals surface area contributed by atoms with E-state index in [-0.39, 0.29) is 0 Å². The summed E-state index contributed by atoms with van der Waals surface area (Å²) in [6.45, 7) is 6.13. The zero-order valence-electron chi connectivity index (χ0n) is 13.3. The first-order valence-electron chi connectivity index (χ1n) is 8.63. The fourth-order valence-electron chi connectivity index (χ4n) is 3.87. The summed E-state index contributed by atoms with van der Waals surface area (Å²) in [5.41, 5.74) is 2.77. The highest BCUT2D eigenvalue weighted by atomic mass is 16.5. The fourth-order valence-corrected chi connectivity index (χ4v) is 3.87. The first-order chi connectivity index (χ1) is 10.3. The fraction of sp³-hybridized carbons (Fsp3) is 0.722. The van der Waals surface area contributed by atoms with E-state index < -0.39 is 0 Å². The first-order valence-corrected chi connectivity index (χ1v) is 8.63. The van der Waals surface area contributed by atoms with Crippen LogP contribution in [0, 0.1) is 5.92 Å². The molecule has 0 amide bonds. The van der Waals surface area contributed by atoms with Crippen LogP contribution in [0.5, 0.6) is 0 Å². The molecule has 1 N–H and O–H groups in total. The number of ether oxygens (including phenoxy) is 1. The van der Waals surface area contributed by atoms with Crippen LogP contribution in [-0.2, 0) is 11.2 Å². The van der Waals surface area contributed by atoms with Gasteiger partial charge < -0.3 is 10.1 Å². The van der Waals surface area contributed by atoms with E-state index in [4.69, 9.17) is 9.72 Å². The van der Waals surface area contributed by atoms with E-state index in [9.17, 15) is 0 Å². The Morgan fingerprint density at radius 2 is 2.19 bits per heavy atom. The molecule has 1 aromatic heterocycles. The third-order valence-electron chi connectivity index (χ3n) is 4.91. The molecular weight excluding hydrogens is 260 g/mol. The predicted molar refractivity (Wildman–Crippen MR) is 85.5 cm³/mol. The smallest absolute Gasteiger partial charge is 0.0762 e. The van der Waals surface area contributed by atoms with E-state index in [1.165, 1.54) is 43.4 Å². The monoisotopic (exact) mass is 288 g/mol. The molecule has 2 aliphatic rings. The van der Waals surface area contributed by atoms with Gasteiger partial charge in [-0.05, 0) is 63.1 Å². The van der Waals surface area contributed by atoms with Crippen LogP contribution in [-0.4, -0.2) is 30.3 Å². The highest BCUT2D eigenvalue weighted by Gasteiger charge is 2.42. The standard InChI is InChI=1S/C18H28N2O/c1-3-19-17(18(21-4-2)14-10-11-14)15-9-5-7-13-8-6-12-20-16(13)15/h6,8,12,14-15,17-19H,3-5,7,9-11H2,1-2H3. The minimum absolute atomic E-state index is 0.355.